The quantitative estimate of drug-likeness (QED) is 0.674. The van der Waals surface area contributed by atoms with E-state index in [-0.39, 0.29) is 23.1 Å². The Balaban J connectivity index is 1.66. The number of aromatic hydroxyl groups is 1. The predicted octanol–water partition coefficient (Wildman–Crippen LogP) is 1.18. The Morgan fingerprint density at radius 3 is 2.68 bits per heavy atom. The SMILES string of the molecule is O=C(CCCNC(=O)c1ccccc1O)NC1CC1. The number of amides is 2. The largest absolute Gasteiger partial charge is 0.507 e. The number of rotatable bonds is 6. The summed E-state index contributed by atoms with van der Waals surface area (Å²) in [6, 6.07) is 6.76. The van der Waals surface area contributed by atoms with E-state index < -0.39 is 0 Å². The highest BCUT2D eigenvalue weighted by atomic mass is 16.3. The minimum Gasteiger partial charge on any atom is -0.507 e. The summed E-state index contributed by atoms with van der Waals surface area (Å²) in [5.41, 5.74) is 0.255. The van der Waals surface area contributed by atoms with Gasteiger partial charge in [-0.1, -0.05) is 12.1 Å². The molecule has 5 nitrogen and oxygen atoms in total. The molecule has 1 aromatic carbocycles. The van der Waals surface area contributed by atoms with Crippen LogP contribution in [0.1, 0.15) is 36.0 Å². The lowest BCUT2D eigenvalue weighted by molar-refractivity contribution is -0.121. The van der Waals surface area contributed by atoms with Crippen molar-refractivity contribution in [3.63, 3.8) is 0 Å². The van der Waals surface area contributed by atoms with Crippen LogP contribution in [0.15, 0.2) is 24.3 Å². The molecule has 0 spiro atoms. The zero-order valence-electron chi connectivity index (χ0n) is 10.7. The Hall–Kier alpha value is -2.04. The van der Waals surface area contributed by atoms with Crippen molar-refractivity contribution in [1.82, 2.24) is 10.6 Å². The van der Waals surface area contributed by atoms with Crippen molar-refractivity contribution < 1.29 is 14.7 Å². The summed E-state index contributed by atoms with van der Waals surface area (Å²) in [7, 11) is 0. The van der Waals surface area contributed by atoms with Gasteiger partial charge in [0, 0.05) is 19.0 Å². The number of carbonyl (C=O) groups excluding carboxylic acids is 2. The molecular weight excluding hydrogens is 244 g/mol. The zero-order valence-corrected chi connectivity index (χ0v) is 10.7. The van der Waals surface area contributed by atoms with Crippen molar-refractivity contribution in [2.75, 3.05) is 6.54 Å². The lowest BCUT2D eigenvalue weighted by atomic mass is 10.2. The van der Waals surface area contributed by atoms with E-state index in [1.807, 2.05) is 0 Å². The number of carbonyl (C=O) groups is 2. The molecule has 2 rings (SSSR count). The van der Waals surface area contributed by atoms with Crippen molar-refractivity contribution in [3.05, 3.63) is 29.8 Å². The molecule has 19 heavy (non-hydrogen) atoms. The van der Waals surface area contributed by atoms with Crippen molar-refractivity contribution >= 4 is 11.8 Å². The van der Waals surface area contributed by atoms with E-state index in [0.29, 0.717) is 25.4 Å². The molecule has 0 bridgehead atoms. The topological polar surface area (TPSA) is 78.4 Å². The molecule has 1 aliphatic rings. The van der Waals surface area contributed by atoms with E-state index in [1.165, 1.54) is 6.07 Å². The molecule has 5 heteroatoms. The lowest BCUT2D eigenvalue weighted by Crippen LogP contribution is -2.28. The number of phenols is 1. The first-order valence-electron chi connectivity index (χ1n) is 6.52. The highest BCUT2D eigenvalue weighted by Crippen LogP contribution is 2.18. The fraction of sp³-hybridized carbons (Fsp3) is 0.429. The average Bonchev–Trinajstić information content (AvgIpc) is 3.19. The summed E-state index contributed by atoms with van der Waals surface area (Å²) in [6.45, 7) is 0.422. The van der Waals surface area contributed by atoms with Gasteiger partial charge in [0.15, 0.2) is 0 Å². The maximum Gasteiger partial charge on any atom is 0.255 e. The summed E-state index contributed by atoms with van der Waals surface area (Å²) < 4.78 is 0. The molecule has 0 heterocycles. The Kier molecular flexibility index (Phi) is 4.39. The average molecular weight is 262 g/mol. The fourth-order valence-corrected chi connectivity index (χ4v) is 1.74. The molecule has 3 N–H and O–H groups in total. The summed E-state index contributed by atoms with van der Waals surface area (Å²) in [4.78, 5) is 23.1. The zero-order chi connectivity index (χ0) is 13.7. The van der Waals surface area contributed by atoms with Gasteiger partial charge in [0.25, 0.3) is 5.91 Å². The molecule has 1 aromatic rings. The molecule has 0 unspecified atom stereocenters. The lowest BCUT2D eigenvalue weighted by Gasteiger charge is -2.07. The van der Waals surface area contributed by atoms with Gasteiger partial charge < -0.3 is 15.7 Å². The second-order valence-corrected chi connectivity index (χ2v) is 4.72. The van der Waals surface area contributed by atoms with Gasteiger partial charge in [-0.25, -0.2) is 0 Å². The number of nitrogens with one attached hydrogen (secondary N) is 2. The third-order valence-electron chi connectivity index (χ3n) is 2.96. The van der Waals surface area contributed by atoms with Crippen molar-refractivity contribution in [1.29, 1.82) is 0 Å². The molecule has 0 atom stereocenters. The molecule has 1 fully saturated rings. The Morgan fingerprint density at radius 2 is 2.00 bits per heavy atom. The summed E-state index contributed by atoms with van der Waals surface area (Å²) in [5.74, 6) is -0.313. The maximum atomic E-state index is 11.7. The van der Waals surface area contributed by atoms with Gasteiger partial charge in [0.2, 0.25) is 5.91 Å². The van der Waals surface area contributed by atoms with E-state index in [4.69, 9.17) is 0 Å². The van der Waals surface area contributed by atoms with E-state index in [0.717, 1.165) is 12.8 Å². The van der Waals surface area contributed by atoms with E-state index >= 15 is 0 Å². The highest BCUT2D eigenvalue weighted by molar-refractivity contribution is 5.96. The van der Waals surface area contributed by atoms with Crippen molar-refractivity contribution in [2.45, 2.75) is 31.7 Å². The van der Waals surface area contributed by atoms with Crippen LogP contribution in [-0.4, -0.2) is 29.5 Å². The number of benzene rings is 1. The van der Waals surface area contributed by atoms with Gasteiger partial charge in [-0.15, -0.1) is 0 Å². The number of hydrogen-bond acceptors (Lipinski definition) is 3. The van der Waals surface area contributed by atoms with Crippen molar-refractivity contribution in [2.24, 2.45) is 0 Å². The maximum absolute atomic E-state index is 11.7. The van der Waals surface area contributed by atoms with Gasteiger partial charge in [-0.2, -0.15) is 0 Å². The third kappa shape index (κ3) is 4.28. The van der Waals surface area contributed by atoms with Gasteiger partial charge >= 0.3 is 0 Å². The molecule has 1 saturated carbocycles. The van der Waals surface area contributed by atoms with Gasteiger partial charge in [-0.05, 0) is 31.4 Å². The number of para-hydroxylation sites is 1. The molecule has 1 aliphatic carbocycles. The van der Waals surface area contributed by atoms with E-state index in [9.17, 15) is 14.7 Å². The molecule has 0 aliphatic heterocycles. The van der Waals surface area contributed by atoms with Crippen LogP contribution in [0.2, 0.25) is 0 Å². The van der Waals surface area contributed by atoms with Crippen LogP contribution in [0.4, 0.5) is 0 Å². The number of phenolic OH excluding ortho intramolecular Hbond substituents is 1. The molecule has 0 saturated heterocycles. The van der Waals surface area contributed by atoms with Crippen LogP contribution < -0.4 is 10.6 Å². The second kappa shape index (κ2) is 6.22. The summed E-state index contributed by atoms with van der Waals surface area (Å²) in [6.07, 6.45) is 3.17. The van der Waals surface area contributed by atoms with Crippen LogP contribution in [0.3, 0.4) is 0 Å². The molecular formula is C14H18N2O3. The minimum atomic E-state index is -0.319. The second-order valence-electron chi connectivity index (χ2n) is 4.72. The standard InChI is InChI=1S/C14H18N2O3/c17-12-5-2-1-4-11(12)14(19)15-9-3-6-13(18)16-10-7-8-10/h1-2,4-5,10,17H,3,6-9H2,(H,15,19)(H,16,18). The monoisotopic (exact) mass is 262 g/mol. The van der Waals surface area contributed by atoms with Crippen LogP contribution in [0.5, 0.6) is 5.75 Å². The van der Waals surface area contributed by atoms with Crippen LogP contribution in [0.25, 0.3) is 0 Å². The molecule has 102 valence electrons. The predicted molar refractivity (Wildman–Crippen MR) is 70.8 cm³/mol. The molecule has 2 amide bonds. The molecule has 0 radical (unpaired) electrons. The van der Waals surface area contributed by atoms with Gasteiger partial charge in [0.1, 0.15) is 5.75 Å². The highest BCUT2D eigenvalue weighted by Gasteiger charge is 2.22. The first kappa shape index (κ1) is 13.4. The summed E-state index contributed by atoms with van der Waals surface area (Å²) in [5, 5.41) is 15.1. The smallest absolute Gasteiger partial charge is 0.255 e. The van der Waals surface area contributed by atoms with Crippen LogP contribution in [0, 0.1) is 0 Å². The Labute approximate surface area is 112 Å². The van der Waals surface area contributed by atoms with E-state index in [2.05, 4.69) is 10.6 Å². The van der Waals surface area contributed by atoms with Crippen molar-refractivity contribution in [3.8, 4) is 5.75 Å². The van der Waals surface area contributed by atoms with Gasteiger partial charge in [-0.3, -0.25) is 9.59 Å². The third-order valence-corrected chi connectivity index (χ3v) is 2.96. The molecule has 0 aromatic heterocycles. The number of hydrogen-bond donors (Lipinski definition) is 3. The summed E-state index contributed by atoms with van der Waals surface area (Å²) >= 11 is 0. The fourth-order valence-electron chi connectivity index (χ4n) is 1.74. The normalized spacial score (nSPS) is 13.9. The Bertz CT molecular complexity index is 470. The Morgan fingerprint density at radius 1 is 1.26 bits per heavy atom. The van der Waals surface area contributed by atoms with E-state index in [1.54, 1.807) is 18.2 Å². The first-order valence-corrected chi connectivity index (χ1v) is 6.52. The van der Waals surface area contributed by atoms with Crippen LogP contribution in [-0.2, 0) is 4.79 Å². The minimum absolute atomic E-state index is 0.0357. The first-order chi connectivity index (χ1) is 9.16. The van der Waals surface area contributed by atoms with Gasteiger partial charge in [0.05, 0.1) is 5.56 Å². The van der Waals surface area contributed by atoms with Crippen LogP contribution >= 0.6 is 0 Å².